The van der Waals surface area contributed by atoms with Gasteiger partial charge in [-0.15, -0.1) is 0 Å². The number of hydrogen-bond acceptors (Lipinski definition) is 3. The fourth-order valence-electron chi connectivity index (χ4n) is 2.68. The van der Waals surface area contributed by atoms with Crippen LogP contribution in [0.2, 0.25) is 0 Å². The predicted molar refractivity (Wildman–Crippen MR) is 133 cm³/mol. The molecule has 162 valence electrons. The number of ketones is 1. The van der Waals surface area contributed by atoms with Gasteiger partial charge < -0.3 is 4.74 Å². The second-order valence-corrected chi connectivity index (χ2v) is 7.49. The van der Waals surface area contributed by atoms with E-state index in [1.807, 2.05) is 12.1 Å². The topological polar surface area (TPSA) is 43.4 Å². The maximum atomic E-state index is 11.5. The number of carbonyl (C=O) groups excluding carboxylic acids is 2. The molecular weight excluding hydrogens is 396 g/mol. The highest BCUT2D eigenvalue weighted by molar-refractivity contribution is 6.02. The van der Waals surface area contributed by atoms with Gasteiger partial charge in [-0.25, -0.2) is 4.79 Å². The van der Waals surface area contributed by atoms with Crippen molar-refractivity contribution in [3.05, 3.63) is 115 Å². The number of aryl methyl sites for hydroxylation is 1. The molecule has 0 radical (unpaired) electrons. The largest absolute Gasteiger partial charge is 0.423 e. The number of hydrogen-bond donors (Lipinski definition) is 0. The van der Waals surface area contributed by atoms with E-state index in [0.717, 1.165) is 11.1 Å². The number of carbonyl (C=O) groups is 2. The summed E-state index contributed by atoms with van der Waals surface area (Å²) in [5.74, 6) is 0.0308. The van der Waals surface area contributed by atoms with Crippen LogP contribution in [0.15, 0.2) is 110 Å². The molecule has 0 saturated carbocycles. The Hall–Kier alpha value is -3.98. The van der Waals surface area contributed by atoms with E-state index in [1.165, 1.54) is 22.8 Å². The number of benzene rings is 3. The molecule has 3 aromatic rings. The summed E-state index contributed by atoms with van der Waals surface area (Å²) in [6, 6.07) is 24.4. The van der Waals surface area contributed by atoms with E-state index >= 15 is 0 Å². The van der Waals surface area contributed by atoms with Gasteiger partial charge in [-0.1, -0.05) is 86.0 Å². The molecule has 3 rings (SSSR count). The molecule has 0 saturated heterocycles. The van der Waals surface area contributed by atoms with Crippen LogP contribution in [0.1, 0.15) is 19.4 Å². The van der Waals surface area contributed by atoms with Crippen molar-refractivity contribution >= 4 is 11.8 Å². The average Bonchev–Trinajstić information content (AvgIpc) is 2.80. The smallest absolute Gasteiger partial charge is 0.338 e. The van der Waals surface area contributed by atoms with E-state index in [2.05, 4.69) is 75.2 Å². The van der Waals surface area contributed by atoms with Crippen LogP contribution in [0.3, 0.4) is 0 Å². The Morgan fingerprint density at radius 1 is 0.688 bits per heavy atom. The Morgan fingerprint density at radius 2 is 1.06 bits per heavy atom. The lowest BCUT2D eigenvalue weighted by Crippen LogP contribution is -2.07. The monoisotopic (exact) mass is 424 g/mol. The standard InChI is InChI=1S/C23H20O2.C6H8O/c1-16(2)23(24)25-22-14-12-21(13-15-22)20-10-8-19(9-11-20)18-6-4-17(3)5-7-18;1-4-6(7)5(2)3/h4-15H,1H2,2-3H3;4H,1-2H2,3H3. The second-order valence-electron chi connectivity index (χ2n) is 7.49. The minimum atomic E-state index is -0.407. The van der Waals surface area contributed by atoms with E-state index in [1.54, 1.807) is 26.0 Å². The van der Waals surface area contributed by atoms with Gasteiger partial charge in [0, 0.05) is 5.57 Å². The minimum absolute atomic E-state index is 0.0833. The number of rotatable bonds is 6. The molecule has 0 aliphatic heterocycles. The summed E-state index contributed by atoms with van der Waals surface area (Å²) in [5, 5.41) is 0. The van der Waals surface area contributed by atoms with Crippen LogP contribution in [-0.4, -0.2) is 11.8 Å². The van der Waals surface area contributed by atoms with Gasteiger partial charge in [-0.3, -0.25) is 4.79 Å². The van der Waals surface area contributed by atoms with E-state index in [-0.39, 0.29) is 5.78 Å². The highest BCUT2D eigenvalue weighted by Crippen LogP contribution is 2.26. The quantitative estimate of drug-likeness (QED) is 0.240. The van der Waals surface area contributed by atoms with Gasteiger partial charge in [0.1, 0.15) is 5.75 Å². The lowest BCUT2D eigenvalue weighted by atomic mass is 10.00. The predicted octanol–water partition coefficient (Wildman–Crippen LogP) is 7.13. The molecule has 0 spiro atoms. The molecule has 0 amide bonds. The van der Waals surface area contributed by atoms with Gasteiger partial charge in [0.25, 0.3) is 0 Å². The van der Waals surface area contributed by atoms with Crippen molar-refractivity contribution in [1.82, 2.24) is 0 Å². The molecule has 0 unspecified atom stereocenters. The third-order valence-corrected chi connectivity index (χ3v) is 4.62. The summed E-state index contributed by atoms with van der Waals surface area (Å²) in [5.41, 5.74) is 6.77. The van der Waals surface area contributed by atoms with Crippen molar-refractivity contribution in [3.63, 3.8) is 0 Å². The Labute approximate surface area is 190 Å². The molecule has 0 bridgehead atoms. The van der Waals surface area contributed by atoms with Crippen LogP contribution in [0.4, 0.5) is 0 Å². The van der Waals surface area contributed by atoms with Crippen molar-refractivity contribution in [2.45, 2.75) is 20.8 Å². The summed E-state index contributed by atoms with van der Waals surface area (Å²) in [6.45, 7) is 15.6. The molecule has 0 atom stereocenters. The SMILES string of the molecule is C=C(C)C(=O)Oc1ccc(-c2ccc(-c3ccc(C)cc3)cc2)cc1.C=CC(=O)C(=C)C. The molecule has 0 aliphatic carbocycles. The van der Waals surface area contributed by atoms with Gasteiger partial charge >= 0.3 is 5.97 Å². The van der Waals surface area contributed by atoms with Crippen LogP contribution in [0.5, 0.6) is 5.75 Å². The lowest BCUT2D eigenvalue weighted by molar-refractivity contribution is -0.130. The number of esters is 1. The van der Waals surface area contributed by atoms with Crippen LogP contribution in [0.25, 0.3) is 22.3 Å². The van der Waals surface area contributed by atoms with Crippen LogP contribution in [0, 0.1) is 6.92 Å². The molecule has 32 heavy (non-hydrogen) atoms. The first-order chi connectivity index (χ1) is 15.2. The van der Waals surface area contributed by atoms with Crippen LogP contribution in [-0.2, 0) is 9.59 Å². The first kappa shape index (κ1) is 24.3. The summed E-state index contributed by atoms with van der Waals surface area (Å²) in [7, 11) is 0. The van der Waals surface area contributed by atoms with Crippen molar-refractivity contribution in [3.8, 4) is 28.0 Å². The van der Waals surface area contributed by atoms with Crippen molar-refractivity contribution in [1.29, 1.82) is 0 Å². The lowest BCUT2D eigenvalue weighted by Gasteiger charge is -2.07. The third kappa shape index (κ3) is 7.06. The average molecular weight is 425 g/mol. The second kappa shape index (κ2) is 11.4. The molecule has 3 heteroatoms. The van der Waals surface area contributed by atoms with E-state index < -0.39 is 5.97 Å². The van der Waals surface area contributed by atoms with Gasteiger partial charge in [0.05, 0.1) is 0 Å². The molecule has 3 aromatic carbocycles. The fraction of sp³-hybridized carbons (Fsp3) is 0.103. The van der Waals surface area contributed by atoms with Gasteiger partial charge in [0.15, 0.2) is 5.78 Å². The Balaban J connectivity index is 0.000000451. The van der Waals surface area contributed by atoms with Gasteiger partial charge in [-0.05, 0) is 66.8 Å². The zero-order chi connectivity index (χ0) is 23.7. The molecule has 0 aromatic heterocycles. The van der Waals surface area contributed by atoms with Crippen LogP contribution >= 0.6 is 0 Å². The first-order valence-corrected chi connectivity index (χ1v) is 10.2. The van der Waals surface area contributed by atoms with Crippen molar-refractivity contribution < 1.29 is 14.3 Å². The molecular formula is C29H28O3. The van der Waals surface area contributed by atoms with E-state index in [9.17, 15) is 9.59 Å². The highest BCUT2D eigenvalue weighted by atomic mass is 16.5. The summed E-state index contributed by atoms with van der Waals surface area (Å²) >= 11 is 0. The Morgan fingerprint density at radius 3 is 1.38 bits per heavy atom. The van der Waals surface area contributed by atoms with Gasteiger partial charge in [-0.2, -0.15) is 0 Å². The summed E-state index contributed by atoms with van der Waals surface area (Å²) < 4.78 is 5.21. The normalized spacial score (nSPS) is 9.72. The maximum absolute atomic E-state index is 11.5. The number of ether oxygens (including phenoxy) is 1. The third-order valence-electron chi connectivity index (χ3n) is 4.62. The Bertz CT molecular complexity index is 1120. The van der Waals surface area contributed by atoms with Crippen molar-refractivity contribution in [2.24, 2.45) is 0 Å². The maximum Gasteiger partial charge on any atom is 0.338 e. The number of allylic oxidation sites excluding steroid dienone is 2. The van der Waals surface area contributed by atoms with Crippen molar-refractivity contribution in [2.75, 3.05) is 0 Å². The molecule has 3 nitrogen and oxygen atoms in total. The van der Waals surface area contributed by atoms with Gasteiger partial charge in [0.2, 0.25) is 0 Å². The summed E-state index contributed by atoms with van der Waals surface area (Å²) in [6.07, 6.45) is 1.25. The van der Waals surface area contributed by atoms with Crippen LogP contribution < -0.4 is 4.74 Å². The summed E-state index contributed by atoms with van der Waals surface area (Å²) in [4.78, 5) is 21.8. The fourth-order valence-corrected chi connectivity index (χ4v) is 2.68. The molecule has 0 aliphatic rings. The van der Waals surface area contributed by atoms with E-state index in [4.69, 9.17) is 4.74 Å². The molecule has 0 heterocycles. The van der Waals surface area contributed by atoms with E-state index in [0.29, 0.717) is 16.9 Å². The zero-order valence-electron chi connectivity index (χ0n) is 18.9. The molecule has 0 N–H and O–H groups in total. The minimum Gasteiger partial charge on any atom is -0.423 e. The zero-order valence-corrected chi connectivity index (χ0v) is 18.9. The Kier molecular flexibility index (Phi) is 8.67. The first-order valence-electron chi connectivity index (χ1n) is 10.2. The highest BCUT2D eigenvalue weighted by Gasteiger charge is 2.06. The molecule has 0 fully saturated rings.